The van der Waals surface area contributed by atoms with Gasteiger partial charge in [0.25, 0.3) is 5.91 Å². The Bertz CT molecular complexity index is 612. The van der Waals surface area contributed by atoms with Crippen molar-refractivity contribution in [1.82, 2.24) is 14.9 Å². The zero-order valence-electron chi connectivity index (χ0n) is 11.1. The Morgan fingerprint density at radius 3 is 3.00 bits per heavy atom. The Morgan fingerprint density at radius 1 is 1.35 bits per heavy atom. The first kappa shape index (κ1) is 13.2. The van der Waals surface area contributed by atoms with Gasteiger partial charge in [-0.15, -0.1) is 0 Å². The largest absolute Gasteiger partial charge is 0.347 e. The SMILES string of the molecule is O=C(NCc1ccccc1Cl)c1cn2c(n1)CCCC2. The molecule has 3 rings (SSSR count). The summed E-state index contributed by atoms with van der Waals surface area (Å²) in [5.74, 6) is 0.867. The van der Waals surface area contributed by atoms with Crippen LogP contribution in [0.1, 0.15) is 34.7 Å². The second-order valence-electron chi connectivity index (χ2n) is 4.97. The van der Waals surface area contributed by atoms with E-state index in [0.29, 0.717) is 17.3 Å². The summed E-state index contributed by atoms with van der Waals surface area (Å²) in [6.07, 6.45) is 5.11. The van der Waals surface area contributed by atoms with Crippen LogP contribution in [-0.2, 0) is 19.5 Å². The Labute approximate surface area is 122 Å². The van der Waals surface area contributed by atoms with Crippen LogP contribution in [-0.4, -0.2) is 15.5 Å². The minimum Gasteiger partial charge on any atom is -0.347 e. The molecule has 2 aromatic rings. The highest BCUT2D eigenvalue weighted by atomic mass is 35.5. The molecule has 1 aromatic carbocycles. The molecule has 0 unspecified atom stereocenters. The first-order valence-electron chi connectivity index (χ1n) is 6.82. The van der Waals surface area contributed by atoms with E-state index in [-0.39, 0.29) is 5.91 Å². The predicted molar refractivity (Wildman–Crippen MR) is 77.8 cm³/mol. The Balaban J connectivity index is 1.67. The van der Waals surface area contributed by atoms with Gasteiger partial charge < -0.3 is 9.88 Å². The van der Waals surface area contributed by atoms with Crippen molar-refractivity contribution in [3.8, 4) is 0 Å². The fourth-order valence-electron chi connectivity index (χ4n) is 2.43. The maximum absolute atomic E-state index is 12.1. The lowest BCUT2D eigenvalue weighted by molar-refractivity contribution is 0.0946. The number of hydrogen-bond donors (Lipinski definition) is 1. The van der Waals surface area contributed by atoms with Gasteiger partial charge in [0.1, 0.15) is 11.5 Å². The summed E-state index contributed by atoms with van der Waals surface area (Å²) in [6, 6.07) is 7.50. The molecule has 104 valence electrons. The molecule has 0 radical (unpaired) electrons. The van der Waals surface area contributed by atoms with E-state index in [2.05, 4.69) is 14.9 Å². The van der Waals surface area contributed by atoms with Crippen LogP contribution in [0.3, 0.4) is 0 Å². The van der Waals surface area contributed by atoms with E-state index in [9.17, 15) is 4.79 Å². The van der Waals surface area contributed by atoms with Crippen molar-refractivity contribution in [1.29, 1.82) is 0 Å². The summed E-state index contributed by atoms with van der Waals surface area (Å²) >= 11 is 6.07. The quantitative estimate of drug-likeness (QED) is 0.944. The number of carbonyl (C=O) groups excluding carboxylic acids is 1. The maximum atomic E-state index is 12.1. The normalized spacial score (nSPS) is 13.8. The van der Waals surface area contributed by atoms with E-state index in [1.165, 1.54) is 0 Å². The molecule has 0 atom stereocenters. The Morgan fingerprint density at radius 2 is 2.20 bits per heavy atom. The molecule has 2 heterocycles. The molecule has 1 aliphatic heterocycles. The fraction of sp³-hybridized carbons (Fsp3) is 0.333. The molecule has 0 spiro atoms. The zero-order valence-corrected chi connectivity index (χ0v) is 11.9. The van der Waals surface area contributed by atoms with Crippen molar-refractivity contribution in [2.45, 2.75) is 32.4 Å². The van der Waals surface area contributed by atoms with Crippen molar-refractivity contribution >= 4 is 17.5 Å². The molecular formula is C15H16ClN3O. The smallest absolute Gasteiger partial charge is 0.271 e. The minimum absolute atomic E-state index is 0.146. The van der Waals surface area contributed by atoms with Gasteiger partial charge in [0.2, 0.25) is 0 Å². The van der Waals surface area contributed by atoms with Gasteiger partial charge in [-0.1, -0.05) is 29.8 Å². The van der Waals surface area contributed by atoms with Crippen LogP contribution in [0, 0.1) is 0 Å². The summed E-state index contributed by atoms with van der Waals surface area (Å²) in [5.41, 5.74) is 1.40. The summed E-state index contributed by atoms with van der Waals surface area (Å²) in [6.45, 7) is 1.38. The van der Waals surface area contributed by atoms with Gasteiger partial charge >= 0.3 is 0 Å². The number of halogens is 1. The second-order valence-corrected chi connectivity index (χ2v) is 5.37. The Kier molecular flexibility index (Phi) is 3.74. The second kappa shape index (κ2) is 5.67. The van der Waals surface area contributed by atoms with Crippen LogP contribution in [0.2, 0.25) is 5.02 Å². The number of benzene rings is 1. The number of hydrogen-bond acceptors (Lipinski definition) is 2. The van der Waals surface area contributed by atoms with E-state index in [1.54, 1.807) is 0 Å². The fourth-order valence-corrected chi connectivity index (χ4v) is 2.63. The van der Waals surface area contributed by atoms with Crippen LogP contribution < -0.4 is 5.32 Å². The van der Waals surface area contributed by atoms with E-state index in [0.717, 1.165) is 37.2 Å². The van der Waals surface area contributed by atoms with Crippen molar-refractivity contribution in [3.63, 3.8) is 0 Å². The topological polar surface area (TPSA) is 46.9 Å². The highest BCUT2D eigenvalue weighted by Crippen LogP contribution is 2.16. The molecule has 0 bridgehead atoms. The standard InChI is InChI=1S/C15H16ClN3O/c16-12-6-2-1-5-11(12)9-17-15(20)13-10-19-8-4-3-7-14(19)18-13/h1-2,5-6,10H,3-4,7-9H2,(H,17,20). The summed E-state index contributed by atoms with van der Waals surface area (Å²) in [5, 5.41) is 3.53. The predicted octanol–water partition coefficient (Wildman–Crippen LogP) is 2.80. The molecule has 1 aliphatic rings. The summed E-state index contributed by atoms with van der Waals surface area (Å²) in [7, 11) is 0. The number of aromatic nitrogens is 2. The van der Waals surface area contributed by atoms with Crippen LogP contribution in [0.15, 0.2) is 30.5 Å². The van der Waals surface area contributed by atoms with Gasteiger partial charge in [-0.2, -0.15) is 0 Å². The summed E-state index contributed by atoms with van der Waals surface area (Å²) < 4.78 is 2.08. The lowest BCUT2D eigenvalue weighted by Gasteiger charge is -2.11. The average Bonchev–Trinajstić information content (AvgIpc) is 2.90. The molecule has 0 fully saturated rings. The van der Waals surface area contributed by atoms with E-state index >= 15 is 0 Å². The first-order chi connectivity index (χ1) is 9.74. The van der Waals surface area contributed by atoms with Crippen molar-refractivity contribution in [2.75, 3.05) is 0 Å². The average molecular weight is 290 g/mol. The van der Waals surface area contributed by atoms with Crippen molar-refractivity contribution in [2.24, 2.45) is 0 Å². The molecule has 1 aromatic heterocycles. The van der Waals surface area contributed by atoms with Crippen LogP contribution in [0.25, 0.3) is 0 Å². The number of fused-ring (bicyclic) bond motifs is 1. The Hall–Kier alpha value is -1.81. The number of nitrogens with zero attached hydrogens (tertiary/aromatic N) is 2. The lowest BCUT2D eigenvalue weighted by Crippen LogP contribution is -2.23. The lowest BCUT2D eigenvalue weighted by atomic mass is 10.2. The third-order valence-corrected chi connectivity index (χ3v) is 3.91. The molecule has 4 nitrogen and oxygen atoms in total. The van der Waals surface area contributed by atoms with Gasteiger partial charge in [-0.25, -0.2) is 4.98 Å². The van der Waals surface area contributed by atoms with Crippen molar-refractivity contribution in [3.05, 3.63) is 52.6 Å². The minimum atomic E-state index is -0.146. The zero-order chi connectivity index (χ0) is 13.9. The third-order valence-electron chi connectivity index (χ3n) is 3.54. The third kappa shape index (κ3) is 2.70. The van der Waals surface area contributed by atoms with Gasteiger partial charge in [-0.3, -0.25) is 4.79 Å². The van der Waals surface area contributed by atoms with Gasteiger partial charge in [0, 0.05) is 30.7 Å². The van der Waals surface area contributed by atoms with Crippen LogP contribution in [0.4, 0.5) is 0 Å². The van der Waals surface area contributed by atoms with Crippen LogP contribution in [0.5, 0.6) is 0 Å². The number of amides is 1. The van der Waals surface area contributed by atoms with Gasteiger partial charge in [0.15, 0.2) is 0 Å². The number of carbonyl (C=O) groups is 1. The van der Waals surface area contributed by atoms with E-state index in [1.807, 2.05) is 30.5 Å². The van der Waals surface area contributed by atoms with Gasteiger partial charge in [-0.05, 0) is 24.5 Å². The monoisotopic (exact) mass is 289 g/mol. The number of nitrogens with one attached hydrogen (secondary N) is 1. The molecule has 1 amide bonds. The van der Waals surface area contributed by atoms with E-state index < -0.39 is 0 Å². The highest BCUT2D eigenvalue weighted by molar-refractivity contribution is 6.31. The molecule has 0 saturated heterocycles. The van der Waals surface area contributed by atoms with Gasteiger partial charge in [0.05, 0.1) is 0 Å². The number of imidazole rings is 1. The van der Waals surface area contributed by atoms with E-state index in [4.69, 9.17) is 11.6 Å². The molecule has 1 N–H and O–H groups in total. The number of aryl methyl sites for hydroxylation is 2. The maximum Gasteiger partial charge on any atom is 0.271 e. The molecule has 0 saturated carbocycles. The molecule has 20 heavy (non-hydrogen) atoms. The van der Waals surface area contributed by atoms with Crippen molar-refractivity contribution < 1.29 is 4.79 Å². The molecule has 5 heteroatoms. The molecule has 0 aliphatic carbocycles. The highest BCUT2D eigenvalue weighted by Gasteiger charge is 2.16. The first-order valence-corrected chi connectivity index (χ1v) is 7.19. The summed E-state index contributed by atoms with van der Waals surface area (Å²) in [4.78, 5) is 16.5. The number of rotatable bonds is 3. The van der Waals surface area contributed by atoms with Crippen LogP contribution >= 0.6 is 11.6 Å². The molecular weight excluding hydrogens is 274 g/mol.